The molecule has 0 radical (unpaired) electrons. The molecule has 1 fully saturated rings. The highest BCUT2D eigenvalue weighted by Gasteiger charge is 2.32. The second-order valence-corrected chi connectivity index (χ2v) is 7.07. The molecule has 0 amide bonds. The number of β-amino-alcohol motifs (C(OH)–C–C–N with tert-alkyl or cyclic N) is 1. The number of piperidine rings is 1. The molecule has 1 aromatic rings. The van der Waals surface area contributed by atoms with Crippen molar-refractivity contribution < 1.29 is 13.5 Å². The maximum atomic E-state index is 12.4. The molecule has 1 aliphatic heterocycles. The fourth-order valence-electron chi connectivity index (χ4n) is 2.33. The van der Waals surface area contributed by atoms with Crippen LogP contribution in [0.4, 0.5) is 0 Å². The first kappa shape index (κ1) is 13.5. The highest BCUT2D eigenvalue weighted by atomic mass is 32.2. The summed E-state index contributed by atoms with van der Waals surface area (Å²) in [7, 11) is -3.47. The van der Waals surface area contributed by atoms with Gasteiger partial charge in [-0.15, -0.1) is 0 Å². The largest absolute Gasteiger partial charge is 0.392 e. The first-order valence-electron chi connectivity index (χ1n) is 6.14. The third-order valence-electron chi connectivity index (χ3n) is 3.26. The minimum Gasteiger partial charge on any atom is -0.392 e. The predicted octanol–water partition coefficient (Wildman–Crippen LogP) is 1.39. The lowest BCUT2D eigenvalue weighted by atomic mass is 10.00. The zero-order valence-corrected chi connectivity index (χ0v) is 11.5. The van der Waals surface area contributed by atoms with Crippen molar-refractivity contribution in [3.8, 4) is 0 Å². The fraction of sp³-hybridized carbons (Fsp3) is 0.538. The summed E-state index contributed by atoms with van der Waals surface area (Å²) in [5, 5.41) is 9.70. The zero-order chi connectivity index (χ0) is 13.3. The number of hydrogen-bond donors (Lipinski definition) is 1. The maximum absolute atomic E-state index is 12.4. The van der Waals surface area contributed by atoms with Crippen LogP contribution in [-0.2, 0) is 10.0 Å². The van der Waals surface area contributed by atoms with Gasteiger partial charge in [0.2, 0.25) is 10.0 Å². The Hall–Kier alpha value is -0.910. The van der Waals surface area contributed by atoms with Gasteiger partial charge in [0.1, 0.15) is 0 Å². The molecule has 100 valence electrons. The van der Waals surface area contributed by atoms with E-state index < -0.39 is 16.1 Å². The van der Waals surface area contributed by atoms with E-state index in [1.165, 1.54) is 4.31 Å². The second kappa shape index (κ2) is 4.99. The van der Waals surface area contributed by atoms with Gasteiger partial charge in [-0.05, 0) is 31.4 Å². The number of sulfonamides is 1. The Morgan fingerprint density at radius 1 is 1.22 bits per heavy atom. The molecule has 1 heterocycles. The molecule has 0 aromatic heterocycles. The van der Waals surface area contributed by atoms with Crippen LogP contribution in [0, 0.1) is 12.8 Å². The lowest BCUT2D eigenvalue weighted by Crippen LogP contribution is -2.45. The topological polar surface area (TPSA) is 57.6 Å². The Morgan fingerprint density at radius 2 is 1.83 bits per heavy atom. The van der Waals surface area contributed by atoms with Gasteiger partial charge in [-0.25, -0.2) is 8.42 Å². The van der Waals surface area contributed by atoms with E-state index in [2.05, 4.69) is 0 Å². The van der Waals surface area contributed by atoms with Crippen LogP contribution in [0.2, 0.25) is 0 Å². The first-order valence-corrected chi connectivity index (χ1v) is 7.58. The van der Waals surface area contributed by atoms with Crippen LogP contribution in [0.1, 0.15) is 18.9 Å². The first-order chi connectivity index (χ1) is 8.39. The summed E-state index contributed by atoms with van der Waals surface area (Å²) < 4.78 is 26.2. The molecule has 4 nitrogen and oxygen atoms in total. The maximum Gasteiger partial charge on any atom is 0.243 e. The van der Waals surface area contributed by atoms with Crippen molar-refractivity contribution in [3.63, 3.8) is 0 Å². The molecular weight excluding hydrogens is 250 g/mol. The minimum absolute atomic E-state index is 0.189. The van der Waals surface area contributed by atoms with Crippen molar-refractivity contribution in [1.82, 2.24) is 4.31 Å². The third kappa shape index (κ3) is 2.74. The molecule has 18 heavy (non-hydrogen) atoms. The number of benzene rings is 1. The number of nitrogens with zero attached hydrogens (tertiary/aromatic N) is 1. The van der Waals surface area contributed by atoms with Gasteiger partial charge in [-0.3, -0.25) is 0 Å². The number of aliphatic hydroxyl groups excluding tert-OH is 1. The highest BCUT2D eigenvalue weighted by molar-refractivity contribution is 7.89. The summed E-state index contributed by atoms with van der Waals surface area (Å²) >= 11 is 0. The van der Waals surface area contributed by atoms with Crippen molar-refractivity contribution in [2.45, 2.75) is 31.3 Å². The average Bonchev–Trinajstić information content (AvgIpc) is 2.28. The highest BCUT2D eigenvalue weighted by Crippen LogP contribution is 2.23. The summed E-state index contributed by atoms with van der Waals surface area (Å²) in [6.45, 7) is 4.55. The van der Waals surface area contributed by atoms with Crippen LogP contribution in [0.15, 0.2) is 29.2 Å². The lowest BCUT2D eigenvalue weighted by Gasteiger charge is -2.33. The summed E-state index contributed by atoms with van der Waals surface area (Å²) in [4.78, 5) is 0.300. The third-order valence-corrected chi connectivity index (χ3v) is 5.11. The Bertz CT molecular complexity index is 500. The van der Waals surface area contributed by atoms with E-state index in [0.29, 0.717) is 17.9 Å². The molecule has 0 bridgehead atoms. The van der Waals surface area contributed by atoms with Crippen LogP contribution in [-0.4, -0.2) is 37.0 Å². The van der Waals surface area contributed by atoms with Gasteiger partial charge < -0.3 is 5.11 Å². The number of rotatable bonds is 2. The van der Waals surface area contributed by atoms with Crippen molar-refractivity contribution in [3.05, 3.63) is 29.8 Å². The van der Waals surface area contributed by atoms with Gasteiger partial charge in [-0.2, -0.15) is 4.31 Å². The zero-order valence-electron chi connectivity index (χ0n) is 10.7. The van der Waals surface area contributed by atoms with Gasteiger partial charge in [0.15, 0.2) is 0 Å². The molecule has 2 rings (SSSR count). The molecule has 1 aliphatic rings. The van der Waals surface area contributed by atoms with Crippen molar-refractivity contribution in [1.29, 1.82) is 0 Å². The lowest BCUT2D eigenvalue weighted by molar-refractivity contribution is 0.0821. The molecule has 0 aliphatic carbocycles. The molecule has 1 aromatic carbocycles. The monoisotopic (exact) mass is 269 g/mol. The van der Waals surface area contributed by atoms with Crippen molar-refractivity contribution >= 4 is 10.0 Å². The average molecular weight is 269 g/mol. The van der Waals surface area contributed by atoms with Crippen molar-refractivity contribution in [2.75, 3.05) is 13.1 Å². The molecule has 0 unspecified atom stereocenters. The van der Waals surface area contributed by atoms with E-state index in [-0.39, 0.29) is 12.5 Å². The fourth-order valence-corrected chi connectivity index (χ4v) is 3.92. The number of aryl methyl sites for hydroxylation is 1. The van der Waals surface area contributed by atoms with Gasteiger partial charge in [0.25, 0.3) is 0 Å². The quantitative estimate of drug-likeness (QED) is 0.882. The molecule has 0 spiro atoms. The summed E-state index contributed by atoms with van der Waals surface area (Å²) in [5.41, 5.74) is 1.03. The van der Waals surface area contributed by atoms with Crippen LogP contribution >= 0.6 is 0 Å². The Labute approximate surface area is 108 Å². The Kier molecular flexibility index (Phi) is 3.75. The molecule has 1 N–H and O–H groups in total. The summed E-state index contributed by atoms with van der Waals surface area (Å²) in [6.07, 6.45) is 0.105. The molecule has 1 saturated heterocycles. The van der Waals surface area contributed by atoms with Crippen molar-refractivity contribution in [2.24, 2.45) is 5.92 Å². The van der Waals surface area contributed by atoms with Crippen LogP contribution in [0.3, 0.4) is 0 Å². The van der Waals surface area contributed by atoms with E-state index in [1.807, 2.05) is 13.8 Å². The summed E-state index contributed by atoms with van der Waals surface area (Å²) in [5.74, 6) is 0.189. The van der Waals surface area contributed by atoms with E-state index in [9.17, 15) is 13.5 Å². The number of aliphatic hydroxyl groups is 1. The van der Waals surface area contributed by atoms with Crippen LogP contribution in [0.5, 0.6) is 0 Å². The van der Waals surface area contributed by atoms with E-state index in [1.54, 1.807) is 24.3 Å². The molecule has 2 atom stereocenters. The van der Waals surface area contributed by atoms with Gasteiger partial charge in [-0.1, -0.05) is 24.6 Å². The Morgan fingerprint density at radius 3 is 2.39 bits per heavy atom. The molecule has 0 saturated carbocycles. The SMILES string of the molecule is Cc1ccc(S(=O)(=O)N2C[C@@H](C)C[C@@H](O)C2)cc1. The molecule has 5 heteroatoms. The normalized spacial score (nSPS) is 26.2. The van der Waals surface area contributed by atoms with Gasteiger partial charge >= 0.3 is 0 Å². The minimum atomic E-state index is -3.47. The Balaban J connectivity index is 2.28. The van der Waals surface area contributed by atoms with Gasteiger partial charge in [0, 0.05) is 13.1 Å². The van der Waals surface area contributed by atoms with Crippen LogP contribution in [0.25, 0.3) is 0 Å². The van der Waals surface area contributed by atoms with E-state index in [4.69, 9.17) is 0 Å². The van der Waals surface area contributed by atoms with Crippen LogP contribution < -0.4 is 0 Å². The summed E-state index contributed by atoms with van der Waals surface area (Å²) in [6, 6.07) is 6.82. The predicted molar refractivity (Wildman–Crippen MR) is 69.7 cm³/mol. The second-order valence-electron chi connectivity index (χ2n) is 5.13. The van der Waals surface area contributed by atoms with E-state index >= 15 is 0 Å². The van der Waals surface area contributed by atoms with Gasteiger partial charge in [0.05, 0.1) is 11.0 Å². The molecular formula is C13H19NO3S. The smallest absolute Gasteiger partial charge is 0.243 e. The van der Waals surface area contributed by atoms with E-state index in [0.717, 1.165) is 5.56 Å². The standard InChI is InChI=1S/C13H19NO3S/c1-10-3-5-13(6-4-10)18(16,17)14-8-11(2)7-12(15)9-14/h3-6,11-12,15H,7-9H2,1-2H3/t11-,12+/m0/s1. The number of hydrogen-bond acceptors (Lipinski definition) is 3.